The Balaban J connectivity index is 2.09. The van der Waals surface area contributed by atoms with E-state index in [2.05, 4.69) is 11.1 Å². The van der Waals surface area contributed by atoms with Gasteiger partial charge < -0.3 is 10.8 Å². The van der Waals surface area contributed by atoms with Gasteiger partial charge in [0, 0.05) is 6.20 Å². The summed E-state index contributed by atoms with van der Waals surface area (Å²) in [6, 6.07) is 3.96. The molecule has 3 N–H and O–H groups in total. The van der Waals surface area contributed by atoms with Gasteiger partial charge in [-0.15, -0.1) is 0 Å². The number of rotatable bonds is 5. The Morgan fingerprint density at radius 3 is 2.59 bits per heavy atom. The molecule has 2 rings (SSSR count). The Bertz CT molecular complexity index is 363. The second kappa shape index (κ2) is 4.75. The van der Waals surface area contributed by atoms with Crippen LogP contribution in [-0.4, -0.2) is 16.6 Å². The van der Waals surface area contributed by atoms with Crippen molar-refractivity contribution in [1.82, 2.24) is 4.98 Å². The maximum Gasteiger partial charge on any atom is 0.101 e. The SMILES string of the molecule is CC(C)(O)c1ccc(C(CN)CC2CC2)cn1. The largest absolute Gasteiger partial charge is 0.384 e. The molecule has 0 amide bonds. The number of pyridine rings is 1. The van der Waals surface area contributed by atoms with Crippen molar-refractivity contribution in [2.24, 2.45) is 11.7 Å². The molecular formula is C14H22N2O. The molecule has 1 aromatic heterocycles. The molecule has 1 aromatic rings. The number of nitrogens with two attached hydrogens (primary N) is 1. The molecule has 17 heavy (non-hydrogen) atoms. The summed E-state index contributed by atoms with van der Waals surface area (Å²) < 4.78 is 0. The fourth-order valence-corrected chi connectivity index (χ4v) is 2.13. The standard InChI is InChI=1S/C14H22N2O/c1-14(2,17)13-6-5-11(9-16-13)12(8-15)7-10-3-4-10/h5-6,9-10,12,17H,3-4,7-8,15H2,1-2H3. The third-order valence-electron chi connectivity index (χ3n) is 3.48. The van der Waals surface area contributed by atoms with Crippen LogP contribution < -0.4 is 5.73 Å². The van der Waals surface area contributed by atoms with Crippen LogP contribution in [0.2, 0.25) is 0 Å². The van der Waals surface area contributed by atoms with Gasteiger partial charge in [-0.1, -0.05) is 18.9 Å². The summed E-state index contributed by atoms with van der Waals surface area (Å²) in [6.07, 6.45) is 5.75. The summed E-state index contributed by atoms with van der Waals surface area (Å²) in [4.78, 5) is 4.34. The molecule has 1 aliphatic carbocycles. The van der Waals surface area contributed by atoms with Crippen LogP contribution in [0.3, 0.4) is 0 Å². The summed E-state index contributed by atoms with van der Waals surface area (Å²) in [5.74, 6) is 1.29. The Morgan fingerprint density at radius 2 is 2.18 bits per heavy atom. The van der Waals surface area contributed by atoms with Crippen LogP contribution in [0.5, 0.6) is 0 Å². The van der Waals surface area contributed by atoms with Gasteiger partial charge in [0.25, 0.3) is 0 Å². The molecule has 0 spiro atoms. The van der Waals surface area contributed by atoms with E-state index < -0.39 is 5.60 Å². The first-order valence-electron chi connectivity index (χ1n) is 6.39. The lowest BCUT2D eigenvalue weighted by Gasteiger charge is -2.19. The molecule has 3 nitrogen and oxygen atoms in total. The molecule has 3 heteroatoms. The smallest absolute Gasteiger partial charge is 0.101 e. The first kappa shape index (κ1) is 12.5. The molecule has 1 heterocycles. The minimum atomic E-state index is -0.868. The zero-order valence-electron chi connectivity index (χ0n) is 10.7. The predicted molar refractivity (Wildman–Crippen MR) is 68.6 cm³/mol. The quantitative estimate of drug-likeness (QED) is 0.820. The fourth-order valence-electron chi connectivity index (χ4n) is 2.13. The Kier molecular flexibility index (Phi) is 3.50. The van der Waals surface area contributed by atoms with Gasteiger partial charge in [-0.2, -0.15) is 0 Å². The van der Waals surface area contributed by atoms with Crippen LogP contribution in [0, 0.1) is 5.92 Å². The highest BCUT2D eigenvalue weighted by molar-refractivity contribution is 5.21. The highest BCUT2D eigenvalue weighted by Gasteiger charge is 2.26. The minimum absolute atomic E-state index is 0.422. The molecular weight excluding hydrogens is 212 g/mol. The zero-order chi connectivity index (χ0) is 12.5. The number of hydrogen-bond acceptors (Lipinski definition) is 3. The lowest BCUT2D eigenvalue weighted by Crippen LogP contribution is -2.18. The van der Waals surface area contributed by atoms with Crippen molar-refractivity contribution in [3.05, 3.63) is 29.6 Å². The molecule has 1 aliphatic rings. The number of aromatic nitrogens is 1. The molecule has 94 valence electrons. The molecule has 0 saturated heterocycles. The van der Waals surface area contributed by atoms with E-state index in [0.717, 1.165) is 5.92 Å². The van der Waals surface area contributed by atoms with Gasteiger partial charge in [0.2, 0.25) is 0 Å². The lowest BCUT2D eigenvalue weighted by molar-refractivity contribution is 0.0738. The maximum absolute atomic E-state index is 9.84. The van der Waals surface area contributed by atoms with E-state index >= 15 is 0 Å². The average molecular weight is 234 g/mol. The van der Waals surface area contributed by atoms with Gasteiger partial charge in [-0.25, -0.2) is 0 Å². The van der Waals surface area contributed by atoms with Crippen LogP contribution in [0.25, 0.3) is 0 Å². The van der Waals surface area contributed by atoms with Crippen molar-refractivity contribution in [1.29, 1.82) is 0 Å². The number of aliphatic hydroxyl groups is 1. The summed E-state index contributed by atoms with van der Waals surface area (Å²) >= 11 is 0. The molecule has 0 aromatic carbocycles. The normalized spacial score (nSPS) is 18.1. The Morgan fingerprint density at radius 1 is 1.47 bits per heavy atom. The highest BCUT2D eigenvalue weighted by atomic mass is 16.3. The van der Waals surface area contributed by atoms with Gasteiger partial charge in [-0.05, 0) is 50.3 Å². The van der Waals surface area contributed by atoms with Crippen molar-refractivity contribution in [3.63, 3.8) is 0 Å². The zero-order valence-corrected chi connectivity index (χ0v) is 10.7. The van der Waals surface area contributed by atoms with Crippen LogP contribution in [0.15, 0.2) is 18.3 Å². The van der Waals surface area contributed by atoms with E-state index in [1.165, 1.54) is 24.8 Å². The third-order valence-corrected chi connectivity index (χ3v) is 3.48. The Hall–Kier alpha value is -0.930. The van der Waals surface area contributed by atoms with E-state index in [-0.39, 0.29) is 0 Å². The molecule has 0 aliphatic heterocycles. The fraction of sp³-hybridized carbons (Fsp3) is 0.643. The van der Waals surface area contributed by atoms with Gasteiger partial charge >= 0.3 is 0 Å². The van der Waals surface area contributed by atoms with Gasteiger partial charge in [0.15, 0.2) is 0 Å². The van der Waals surface area contributed by atoms with Crippen LogP contribution in [0.1, 0.15) is 50.3 Å². The van der Waals surface area contributed by atoms with E-state index in [1.54, 1.807) is 13.8 Å². The number of nitrogens with zero attached hydrogens (tertiary/aromatic N) is 1. The Labute approximate surface area is 103 Å². The van der Waals surface area contributed by atoms with E-state index in [4.69, 9.17) is 5.73 Å². The monoisotopic (exact) mass is 234 g/mol. The van der Waals surface area contributed by atoms with Crippen molar-refractivity contribution < 1.29 is 5.11 Å². The van der Waals surface area contributed by atoms with Gasteiger partial charge in [-0.3, -0.25) is 4.98 Å². The van der Waals surface area contributed by atoms with E-state index in [9.17, 15) is 5.11 Å². The summed E-state index contributed by atoms with van der Waals surface area (Å²) in [7, 11) is 0. The highest BCUT2D eigenvalue weighted by Crippen LogP contribution is 2.38. The molecule has 0 radical (unpaired) electrons. The molecule has 1 fully saturated rings. The summed E-state index contributed by atoms with van der Waals surface area (Å²) in [5, 5.41) is 9.84. The second-order valence-electron chi connectivity index (χ2n) is 5.65. The van der Waals surface area contributed by atoms with E-state index in [0.29, 0.717) is 18.2 Å². The average Bonchev–Trinajstić information content (AvgIpc) is 3.09. The third kappa shape index (κ3) is 3.27. The van der Waals surface area contributed by atoms with Crippen LogP contribution >= 0.6 is 0 Å². The molecule has 1 atom stereocenters. The van der Waals surface area contributed by atoms with Crippen LogP contribution in [0.4, 0.5) is 0 Å². The molecule has 0 bridgehead atoms. The molecule has 1 saturated carbocycles. The topological polar surface area (TPSA) is 59.1 Å². The number of hydrogen-bond donors (Lipinski definition) is 2. The van der Waals surface area contributed by atoms with Crippen molar-refractivity contribution in [2.75, 3.05) is 6.54 Å². The second-order valence-corrected chi connectivity index (χ2v) is 5.65. The first-order chi connectivity index (χ1) is 8.00. The summed E-state index contributed by atoms with van der Waals surface area (Å²) in [6.45, 7) is 4.18. The van der Waals surface area contributed by atoms with Gasteiger partial charge in [0.05, 0.1) is 5.69 Å². The van der Waals surface area contributed by atoms with E-state index in [1.807, 2.05) is 12.3 Å². The molecule has 1 unspecified atom stereocenters. The van der Waals surface area contributed by atoms with Crippen molar-refractivity contribution >= 4 is 0 Å². The van der Waals surface area contributed by atoms with Crippen molar-refractivity contribution in [3.8, 4) is 0 Å². The maximum atomic E-state index is 9.84. The van der Waals surface area contributed by atoms with Crippen LogP contribution in [-0.2, 0) is 5.60 Å². The van der Waals surface area contributed by atoms with Crippen molar-refractivity contribution in [2.45, 2.75) is 44.6 Å². The first-order valence-corrected chi connectivity index (χ1v) is 6.39. The minimum Gasteiger partial charge on any atom is -0.384 e. The lowest BCUT2D eigenvalue weighted by atomic mass is 9.94. The summed E-state index contributed by atoms with van der Waals surface area (Å²) in [5.41, 5.74) is 6.87. The van der Waals surface area contributed by atoms with Gasteiger partial charge in [0.1, 0.15) is 5.60 Å². The predicted octanol–water partition coefficient (Wildman–Crippen LogP) is 2.15.